The Hall–Kier alpha value is -2.10. The second-order valence-corrected chi connectivity index (χ2v) is 5.08. The van der Waals surface area contributed by atoms with Gasteiger partial charge in [0.2, 0.25) is 17.5 Å². The van der Waals surface area contributed by atoms with Gasteiger partial charge in [0.1, 0.15) is 6.04 Å². The maximum Gasteiger partial charge on any atom is 0.241 e. The van der Waals surface area contributed by atoms with Crippen molar-refractivity contribution < 1.29 is 9.52 Å². The fraction of sp³-hybridized carbons (Fsp3) is 0.357. The van der Waals surface area contributed by atoms with Crippen molar-refractivity contribution in [3.05, 3.63) is 45.9 Å². The van der Waals surface area contributed by atoms with Gasteiger partial charge in [-0.1, -0.05) is 17.7 Å². The molecule has 1 aromatic carbocycles. The van der Waals surface area contributed by atoms with Crippen molar-refractivity contribution >= 4 is 23.0 Å². The number of hydrogen-bond donors (Lipinski definition) is 2. The van der Waals surface area contributed by atoms with Crippen LogP contribution in [0.2, 0.25) is 5.02 Å². The molecule has 0 aliphatic carbocycles. The molecule has 21 heavy (non-hydrogen) atoms. The molecule has 0 bridgehead atoms. The summed E-state index contributed by atoms with van der Waals surface area (Å²) in [5, 5.41) is 21.1. The minimum absolute atomic E-state index is 0.298. The quantitative estimate of drug-likeness (QED) is 0.846. The number of nitrogens with zero attached hydrogens (tertiary/aromatic N) is 3. The number of aliphatic hydroxyl groups is 1. The zero-order chi connectivity index (χ0) is 15.6. The molecule has 1 unspecified atom stereocenters. The van der Waals surface area contributed by atoms with Crippen LogP contribution >= 0.6 is 11.6 Å². The van der Waals surface area contributed by atoms with Crippen LogP contribution in [0.3, 0.4) is 0 Å². The van der Waals surface area contributed by atoms with Crippen molar-refractivity contribution in [3.8, 4) is 0 Å². The lowest BCUT2D eigenvalue weighted by molar-refractivity contribution is 0.159. The molecule has 0 spiro atoms. The van der Waals surface area contributed by atoms with Crippen molar-refractivity contribution in [1.82, 2.24) is 10.2 Å². The Morgan fingerprint density at radius 1 is 1.38 bits per heavy atom. The van der Waals surface area contributed by atoms with E-state index in [4.69, 9.17) is 22.6 Å². The highest BCUT2D eigenvalue weighted by molar-refractivity contribution is 6.34. The van der Waals surface area contributed by atoms with E-state index in [-0.39, 0.29) is 0 Å². The van der Waals surface area contributed by atoms with Gasteiger partial charge in [-0.25, -0.2) is 4.85 Å². The van der Waals surface area contributed by atoms with E-state index in [0.29, 0.717) is 28.2 Å². The summed E-state index contributed by atoms with van der Waals surface area (Å²) in [5.74, 6) is 0.725. The van der Waals surface area contributed by atoms with Gasteiger partial charge in [0, 0.05) is 12.6 Å². The minimum atomic E-state index is -0.747. The average Bonchev–Trinajstić information content (AvgIpc) is 2.86. The van der Waals surface area contributed by atoms with Crippen LogP contribution in [0.5, 0.6) is 0 Å². The first-order valence-electron chi connectivity index (χ1n) is 6.35. The Labute approximate surface area is 127 Å². The smallest absolute Gasteiger partial charge is 0.241 e. The summed E-state index contributed by atoms with van der Waals surface area (Å²) < 4.78 is 5.37. The number of aromatic nitrogens is 2. The third-order valence-electron chi connectivity index (χ3n) is 3.09. The molecule has 1 heterocycles. The first kappa shape index (κ1) is 15.3. The maximum absolute atomic E-state index is 9.93. The molecule has 0 aliphatic rings. The number of aliphatic hydroxyl groups excluding tert-OH is 1. The van der Waals surface area contributed by atoms with Gasteiger partial charge >= 0.3 is 0 Å². The van der Waals surface area contributed by atoms with Crippen LogP contribution in [0.4, 0.5) is 11.4 Å². The molecular weight excluding hydrogens is 292 g/mol. The van der Waals surface area contributed by atoms with E-state index in [1.165, 1.54) is 0 Å². The third kappa shape index (κ3) is 3.15. The van der Waals surface area contributed by atoms with Gasteiger partial charge in [0.25, 0.3) is 0 Å². The number of anilines is 1. The standard InChI is InChI=1S/C14H15ClN4O2/c1-7-10(5-6-11(16-4)12(7)15)17-13(8(2)20)14-19-18-9(3)21-14/h5-6,8,13,17,20H,1-3H3/t8-,13?/m0/s1. The molecule has 0 radical (unpaired) electrons. The molecule has 6 nitrogen and oxygen atoms in total. The van der Waals surface area contributed by atoms with E-state index in [2.05, 4.69) is 20.4 Å². The normalized spacial score (nSPS) is 13.5. The molecule has 7 heteroatoms. The molecule has 2 rings (SSSR count). The summed E-state index contributed by atoms with van der Waals surface area (Å²) in [6.07, 6.45) is -0.747. The van der Waals surface area contributed by atoms with Crippen LogP contribution in [0.1, 0.15) is 30.3 Å². The van der Waals surface area contributed by atoms with Crippen molar-refractivity contribution in [2.24, 2.45) is 0 Å². The minimum Gasteiger partial charge on any atom is -0.423 e. The molecule has 0 fully saturated rings. The van der Waals surface area contributed by atoms with Crippen molar-refractivity contribution in [2.45, 2.75) is 32.9 Å². The highest BCUT2D eigenvalue weighted by Gasteiger charge is 2.24. The number of nitrogens with one attached hydrogen (secondary N) is 1. The van der Waals surface area contributed by atoms with Crippen molar-refractivity contribution in [1.29, 1.82) is 0 Å². The molecule has 2 atom stereocenters. The fourth-order valence-electron chi connectivity index (χ4n) is 1.91. The molecule has 0 aliphatic heterocycles. The Morgan fingerprint density at radius 3 is 2.62 bits per heavy atom. The predicted molar refractivity (Wildman–Crippen MR) is 79.5 cm³/mol. The first-order chi connectivity index (χ1) is 9.93. The number of hydrogen-bond acceptors (Lipinski definition) is 5. The number of benzene rings is 1. The number of aryl methyl sites for hydroxylation is 1. The van der Waals surface area contributed by atoms with Gasteiger partial charge in [-0.3, -0.25) is 0 Å². The first-order valence-corrected chi connectivity index (χ1v) is 6.73. The monoisotopic (exact) mass is 306 g/mol. The molecule has 0 amide bonds. The van der Waals surface area contributed by atoms with E-state index in [1.807, 2.05) is 0 Å². The van der Waals surface area contributed by atoms with Crippen LogP contribution in [0.25, 0.3) is 4.85 Å². The molecule has 2 N–H and O–H groups in total. The largest absolute Gasteiger partial charge is 0.423 e. The third-order valence-corrected chi connectivity index (χ3v) is 3.56. The predicted octanol–water partition coefficient (Wildman–Crippen LogP) is 3.42. The van der Waals surface area contributed by atoms with E-state index >= 15 is 0 Å². The second kappa shape index (κ2) is 6.12. The van der Waals surface area contributed by atoms with Crippen molar-refractivity contribution in [2.75, 3.05) is 5.32 Å². The molecule has 110 valence electrons. The van der Waals surface area contributed by atoms with Gasteiger partial charge < -0.3 is 14.8 Å². The highest BCUT2D eigenvalue weighted by atomic mass is 35.5. The lowest BCUT2D eigenvalue weighted by atomic mass is 10.1. The number of rotatable bonds is 4. The fourth-order valence-corrected chi connectivity index (χ4v) is 2.11. The lowest BCUT2D eigenvalue weighted by Gasteiger charge is -2.21. The SMILES string of the molecule is [C-]#[N+]c1ccc(NC(c2nnc(C)o2)[C@H](C)O)c(C)c1Cl. The van der Waals surface area contributed by atoms with Crippen LogP contribution in [0, 0.1) is 20.4 Å². The van der Waals surface area contributed by atoms with Crippen LogP contribution in [-0.4, -0.2) is 21.4 Å². The molecule has 1 aromatic heterocycles. The van der Waals surface area contributed by atoms with Gasteiger partial charge in [0.15, 0.2) is 0 Å². The van der Waals surface area contributed by atoms with Gasteiger partial charge in [-0.15, -0.1) is 10.2 Å². The van der Waals surface area contributed by atoms with Gasteiger partial charge in [-0.05, 0) is 25.5 Å². The summed E-state index contributed by atoms with van der Waals surface area (Å²) in [4.78, 5) is 3.35. The van der Waals surface area contributed by atoms with E-state index in [9.17, 15) is 5.11 Å². The molecular formula is C14H15ClN4O2. The van der Waals surface area contributed by atoms with E-state index in [1.54, 1.807) is 32.9 Å². The molecule has 0 saturated heterocycles. The van der Waals surface area contributed by atoms with Crippen LogP contribution in [-0.2, 0) is 0 Å². The maximum atomic E-state index is 9.93. The van der Waals surface area contributed by atoms with Gasteiger partial charge in [0.05, 0.1) is 17.7 Å². The Balaban J connectivity index is 2.35. The Kier molecular flexibility index (Phi) is 4.46. The number of halogens is 1. The molecule has 2 aromatic rings. The van der Waals surface area contributed by atoms with Crippen molar-refractivity contribution in [3.63, 3.8) is 0 Å². The summed E-state index contributed by atoms with van der Waals surface area (Å²) in [6, 6.07) is 2.82. The summed E-state index contributed by atoms with van der Waals surface area (Å²) in [6.45, 7) is 12.2. The Morgan fingerprint density at radius 2 is 2.10 bits per heavy atom. The Bertz CT molecular complexity index is 691. The zero-order valence-corrected chi connectivity index (χ0v) is 12.6. The topological polar surface area (TPSA) is 75.5 Å². The van der Waals surface area contributed by atoms with Crippen LogP contribution in [0.15, 0.2) is 16.5 Å². The highest BCUT2D eigenvalue weighted by Crippen LogP contribution is 2.35. The summed E-state index contributed by atoms with van der Waals surface area (Å²) >= 11 is 6.14. The molecule has 0 saturated carbocycles. The average molecular weight is 307 g/mol. The van der Waals surface area contributed by atoms with Crippen LogP contribution < -0.4 is 5.32 Å². The van der Waals surface area contributed by atoms with E-state index in [0.717, 1.165) is 5.56 Å². The van der Waals surface area contributed by atoms with Gasteiger partial charge in [-0.2, -0.15) is 0 Å². The van der Waals surface area contributed by atoms with E-state index < -0.39 is 12.1 Å². The summed E-state index contributed by atoms with van der Waals surface area (Å²) in [5.41, 5.74) is 1.82. The summed E-state index contributed by atoms with van der Waals surface area (Å²) in [7, 11) is 0. The second-order valence-electron chi connectivity index (χ2n) is 4.70. The zero-order valence-electron chi connectivity index (χ0n) is 11.9. The lowest BCUT2D eigenvalue weighted by Crippen LogP contribution is -2.23.